The second-order valence-corrected chi connectivity index (χ2v) is 3.72. The number of alkyl halides is 3. The Morgan fingerprint density at radius 2 is 2.14 bits per heavy atom. The fourth-order valence-corrected chi connectivity index (χ4v) is 1.59. The van der Waals surface area contributed by atoms with E-state index in [9.17, 15) is 18.0 Å². The maximum absolute atomic E-state index is 11.8. The highest BCUT2D eigenvalue weighted by Gasteiger charge is 2.28. The number of carbonyl (C=O) groups is 1. The lowest BCUT2D eigenvalue weighted by molar-refractivity contribution is -0.143. The van der Waals surface area contributed by atoms with E-state index >= 15 is 0 Å². The van der Waals surface area contributed by atoms with Crippen molar-refractivity contribution in [3.8, 4) is 0 Å². The molecule has 1 heterocycles. The first-order chi connectivity index (χ1) is 6.47. The normalized spacial score (nSPS) is 22.6. The summed E-state index contributed by atoms with van der Waals surface area (Å²) < 4.78 is 35.3. The molecular formula is C9H14F3NO. The van der Waals surface area contributed by atoms with Crippen molar-refractivity contribution in [1.29, 1.82) is 0 Å². The van der Waals surface area contributed by atoms with Crippen LogP contribution < -0.4 is 5.32 Å². The molecule has 2 nitrogen and oxygen atoms in total. The minimum absolute atomic E-state index is 0.246. The second-order valence-electron chi connectivity index (χ2n) is 3.72. The van der Waals surface area contributed by atoms with E-state index in [1.54, 1.807) is 0 Å². The standard InChI is InChI=1S/C9H14F3NO/c10-9(11,12)3-1-8(14)5-7-2-4-13-6-7/h7,13H,1-6H2. The van der Waals surface area contributed by atoms with Crippen LogP contribution in [0, 0.1) is 5.92 Å². The summed E-state index contributed by atoms with van der Waals surface area (Å²) in [7, 11) is 0. The maximum Gasteiger partial charge on any atom is 0.389 e. The number of hydrogen-bond donors (Lipinski definition) is 1. The Labute approximate surface area is 80.9 Å². The fraction of sp³-hybridized carbons (Fsp3) is 0.889. The summed E-state index contributed by atoms with van der Waals surface area (Å²) in [5, 5.41) is 3.08. The van der Waals surface area contributed by atoms with Gasteiger partial charge in [0.15, 0.2) is 0 Å². The van der Waals surface area contributed by atoms with Crippen LogP contribution >= 0.6 is 0 Å². The molecule has 0 amide bonds. The first kappa shape index (κ1) is 11.5. The average Bonchev–Trinajstić information content (AvgIpc) is 2.52. The van der Waals surface area contributed by atoms with Crippen molar-refractivity contribution >= 4 is 5.78 Å². The summed E-state index contributed by atoms with van der Waals surface area (Å²) in [6.07, 6.45) is -4.35. The predicted octanol–water partition coefficient (Wildman–Crippen LogP) is 1.90. The zero-order valence-corrected chi connectivity index (χ0v) is 7.86. The number of nitrogens with one attached hydrogen (secondary N) is 1. The third kappa shape index (κ3) is 4.60. The van der Waals surface area contributed by atoms with Crippen LogP contribution in [-0.2, 0) is 4.79 Å². The lowest BCUT2D eigenvalue weighted by Crippen LogP contribution is -2.15. The molecule has 14 heavy (non-hydrogen) atoms. The number of carbonyl (C=O) groups excluding carboxylic acids is 1. The summed E-state index contributed by atoms with van der Waals surface area (Å²) in [5.74, 6) is -0.0215. The summed E-state index contributed by atoms with van der Waals surface area (Å²) >= 11 is 0. The van der Waals surface area contributed by atoms with Crippen molar-refractivity contribution in [2.45, 2.75) is 31.9 Å². The molecule has 0 saturated carbocycles. The molecule has 5 heteroatoms. The fourth-order valence-electron chi connectivity index (χ4n) is 1.59. The Bertz CT molecular complexity index is 197. The molecule has 0 radical (unpaired) electrons. The van der Waals surface area contributed by atoms with Crippen LogP contribution in [0.2, 0.25) is 0 Å². The van der Waals surface area contributed by atoms with Gasteiger partial charge in [-0.25, -0.2) is 0 Å². The lowest BCUT2D eigenvalue weighted by Gasteiger charge is -2.08. The minimum Gasteiger partial charge on any atom is -0.316 e. The van der Waals surface area contributed by atoms with Crippen LogP contribution in [0.4, 0.5) is 13.2 Å². The molecule has 1 fully saturated rings. The molecule has 0 spiro atoms. The van der Waals surface area contributed by atoms with Gasteiger partial charge in [-0.1, -0.05) is 0 Å². The van der Waals surface area contributed by atoms with E-state index in [1.165, 1.54) is 0 Å². The quantitative estimate of drug-likeness (QED) is 0.766. The van der Waals surface area contributed by atoms with E-state index in [4.69, 9.17) is 0 Å². The van der Waals surface area contributed by atoms with Gasteiger partial charge in [-0.2, -0.15) is 13.2 Å². The minimum atomic E-state index is -4.20. The molecule has 1 aliphatic rings. The molecule has 1 aliphatic heterocycles. The number of hydrogen-bond acceptors (Lipinski definition) is 2. The predicted molar refractivity (Wildman–Crippen MR) is 45.9 cm³/mol. The third-order valence-corrected chi connectivity index (χ3v) is 2.37. The van der Waals surface area contributed by atoms with E-state index in [1.807, 2.05) is 0 Å². The van der Waals surface area contributed by atoms with E-state index in [0.717, 1.165) is 19.5 Å². The van der Waals surface area contributed by atoms with Crippen LogP contribution in [0.3, 0.4) is 0 Å². The largest absolute Gasteiger partial charge is 0.389 e. The molecule has 1 N–H and O–H groups in total. The van der Waals surface area contributed by atoms with Crippen LogP contribution in [0.1, 0.15) is 25.7 Å². The number of Topliss-reactive ketones (excluding diaryl/α,β-unsaturated/α-hetero) is 1. The Morgan fingerprint density at radius 1 is 1.43 bits per heavy atom. The zero-order valence-electron chi connectivity index (χ0n) is 7.86. The zero-order chi connectivity index (χ0) is 10.6. The highest BCUT2D eigenvalue weighted by molar-refractivity contribution is 5.78. The highest BCUT2D eigenvalue weighted by Crippen LogP contribution is 2.23. The Hall–Kier alpha value is -0.580. The van der Waals surface area contributed by atoms with Crippen LogP contribution in [0.5, 0.6) is 0 Å². The van der Waals surface area contributed by atoms with Crippen molar-refractivity contribution in [1.82, 2.24) is 5.32 Å². The van der Waals surface area contributed by atoms with Gasteiger partial charge in [0.1, 0.15) is 5.78 Å². The number of halogens is 3. The van der Waals surface area contributed by atoms with Crippen LogP contribution in [0.15, 0.2) is 0 Å². The Morgan fingerprint density at radius 3 is 2.64 bits per heavy atom. The third-order valence-electron chi connectivity index (χ3n) is 2.37. The van der Waals surface area contributed by atoms with E-state index in [0.29, 0.717) is 6.42 Å². The van der Waals surface area contributed by atoms with E-state index < -0.39 is 12.6 Å². The van der Waals surface area contributed by atoms with Crippen molar-refractivity contribution in [3.05, 3.63) is 0 Å². The summed E-state index contributed by atoms with van der Waals surface area (Å²) in [4.78, 5) is 11.1. The van der Waals surface area contributed by atoms with Gasteiger partial charge in [0.25, 0.3) is 0 Å². The van der Waals surface area contributed by atoms with Gasteiger partial charge < -0.3 is 5.32 Å². The Balaban J connectivity index is 2.15. The van der Waals surface area contributed by atoms with E-state index in [2.05, 4.69) is 5.32 Å². The van der Waals surface area contributed by atoms with Crippen molar-refractivity contribution in [2.24, 2.45) is 5.92 Å². The first-order valence-corrected chi connectivity index (χ1v) is 4.76. The smallest absolute Gasteiger partial charge is 0.316 e. The maximum atomic E-state index is 11.8. The number of ketones is 1. The van der Waals surface area contributed by atoms with Crippen molar-refractivity contribution in [3.63, 3.8) is 0 Å². The molecule has 0 aromatic heterocycles. The summed E-state index contributed by atoms with van der Waals surface area (Å²) in [6.45, 7) is 1.63. The van der Waals surface area contributed by atoms with Gasteiger partial charge in [0.05, 0.1) is 6.42 Å². The average molecular weight is 209 g/mol. The molecule has 0 aliphatic carbocycles. The van der Waals surface area contributed by atoms with Gasteiger partial charge in [-0.05, 0) is 25.4 Å². The van der Waals surface area contributed by atoms with Crippen molar-refractivity contribution in [2.75, 3.05) is 13.1 Å². The molecule has 1 rings (SSSR count). The van der Waals surface area contributed by atoms with Crippen LogP contribution in [-0.4, -0.2) is 25.0 Å². The molecule has 1 unspecified atom stereocenters. The lowest BCUT2D eigenvalue weighted by atomic mass is 9.99. The molecule has 0 bridgehead atoms. The SMILES string of the molecule is O=C(CCC(F)(F)F)CC1CCNC1. The first-order valence-electron chi connectivity index (χ1n) is 4.76. The van der Waals surface area contributed by atoms with Gasteiger partial charge in [-0.3, -0.25) is 4.79 Å². The van der Waals surface area contributed by atoms with Gasteiger partial charge >= 0.3 is 6.18 Å². The molecule has 0 aromatic carbocycles. The highest BCUT2D eigenvalue weighted by atomic mass is 19.4. The van der Waals surface area contributed by atoms with Gasteiger partial charge in [-0.15, -0.1) is 0 Å². The monoisotopic (exact) mass is 209 g/mol. The van der Waals surface area contributed by atoms with E-state index in [-0.39, 0.29) is 18.1 Å². The molecular weight excluding hydrogens is 195 g/mol. The molecule has 1 saturated heterocycles. The van der Waals surface area contributed by atoms with Gasteiger partial charge in [0.2, 0.25) is 0 Å². The number of rotatable bonds is 4. The molecule has 1 atom stereocenters. The Kier molecular flexibility index (Phi) is 3.92. The molecule has 0 aromatic rings. The summed E-state index contributed by atoms with van der Waals surface area (Å²) in [5.41, 5.74) is 0. The van der Waals surface area contributed by atoms with Crippen LogP contribution in [0.25, 0.3) is 0 Å². The summed E-state index contributed by atoms with van der Waals surface area (Å²) in [6, 6.07) is 0. The van der Waals surface area contributed by atoms with Gasteiger partial charge in [0, 0.05) is 12.8 Å². The topological polar surface area (TPSA) is 29.1 Å². The molecule has 82 valence electrons. The second kappa shape index (κ2) is 4.77. The van der Waals surface area contributed by atoms with Crippen molar-refractivity contribution < 1.29 is 18.0 Å².